The largest absolute Gasteiger partial charge is 0.508 e. The Balaban J connectivity index is 1.96. The summed E-state index contributed by atoms with van der Waals surface area (Å²) in [4.78, 5) is 34.2. The van der Waals surface area contributed by atoms with Crippen LogP contribution in [0.25, 0.3) is 0 Å². The van der Waals surface area contributed by atoms with Crippen LogP contribution in [0.1, 0.15) is 15.9 Å². The van der Waals surface area contributed by atoms with Crippen molar-refractivity contribution >= 4 is 29.7 Å². The molecule has 2 rings (SSSR count). The summed E-state index contributed by atoms with van der Waals surface area (Å²) in [5, 5.41) is 33.3. The Morgan fingerprint density at radius 2 is 1.76 bits per heavy atom. The third-order valence-electron chi connectivity index (χ3n) is 2.96. The molecule has 0 aliphatic carbocycles. The minimum atomic E-state index is -1.17. The van der Waals surface area contributed by atoms with E-state index in [0.717, 1.165) is 12.3 Å². The first-order valence-corrected chi connectivity index (χ1v) is 6.86. The highest BCUT2D eigenvalue weighted by Crippen LogP contribution is 2.20. The number of benzene rings is 2. The number of hydrogen-bond donors (Lipinski definition) is 5. The van der Waals surface area contributed by atoms with Crippen molar-refractivity contribution < 1.29 is 29.7 Å². The monoisotopic (exact) mass is 343 g/mol. The zero-order valence-electron chi connectivity index (χ0n) is 12.6. The van der Waals surface area contributed by atoms with Crippen molar-refractivity contribution in [3.63, 3.8) is 0 Å². The quantitative estimate of drug-likeness (QED) is 0.316. The van der Waals surface area contributed by atoms with Crippen molar-refractivity contribution in [3.05, 3.63) is 53.6 Å². The second-order valence-corrected chi connectivity index (χ2v) is 4.78. The summed E-state index contributed by atoms with van der Waals surface area (Å²) < 4.78 is 0. The Morgan fingerprint density at radius 1 is 1.00 bits per heavy atom. The molecule has 128 valence electrons. The maximum atomic E-state index is 11.7. The molecule has 0 aliphatic heterocycles. The van der Waals surface area contributed by atoms with Crippen LogP contribution in [0.2, 0.25) is 0 Å². The lowest BCUT2D eigenvalue weighted by Gasteiger charge is -2.05. The molecule has 0 unspecified atom stereocenters. The molecule has 9 heteroatoms. The Morgan fingerprint density at radius 3 is 2.44 bits per heavy atom. The average molecular weight is 343 g/mol. The first-order chi connectivity index (χ1) is 11.9. The van der Waals surface area contributed by atoms with E-state index < -0.39 is 17.8 Å². The van der Waals surface area contributed by atoms with Gasteiger partial charge in [0.1, 0.15) is 11.5 Å². The fourth-order valence-corrected chi connectivity index (χ4v) is 1.77. The summed E-state index contributed by atoms with van der Waals surface area (Å²) in [5.41, 5.74) is 2.27. The molecule has 2 amide bonds. The number of carboxylic acid groups (broad SMARTS) is 1. The van der Waals surface area contributed by atoms with Gasteiger partial charge in [-0.15, -0.1) is 0 Å². The Hall–Kier alpha value is -3.88. The molecule has 0 heterocycles. The van der Waals surface area contributed by atoms with Gasteiger partial charge in [-0.1, -0.05) is 6.07 Å². The normalized spacial score (nSPS) is 10.4. The first kappa shape index (κ1) is 17.5. The number of carbonyl (C=O) groups excluding carboxylic acids is 2. The van der Waals surface area contributed by atoms with Gasteiger partial charge < -0.3 is 20.6 Å². The highest BCUT2D eigenvalue weighted by atomic mass is 16.4. The minimum Gasteiger partial charge on any atom is -0.508 e. The zero-order chi connectivity index (χ0) is 18.4. The molecule has 0 atom stereocenters. The van der Waals surface area contributed by atoms with Crippen molar-refractivity contribution in [2.75, 3.05) is 5.32 Å². The number of anilines is 1. The second kappa shape index (κ2) is 7.59. The number of phenolic OH excluding ortho intramolecular Hbond substituents is 2. The van der Waals surface area contributed by atoms with E-state index in [9.17, 15) is 19.5 Å². The second-order valence-electron chi connectivity index (χ2n) is 4.78. The molecular weight excluding hydrogens is 330 g/mol. The van der Waals surface area contributed by atoms with Gasteiger partial charge in [-0.25, -0.2) is 10.2 Å². The van der Waals surface area contributed by atoms with Crippen LogP contribution in [0.3, 0.4) is 0 Å². The van der Waals surface area contributed by atoms with Crippen molar-refractivity contribution in [1.82, 2.24) is 5.43 Å². The molecule has 2 aromatic rings. The number of hydrogen-bond acceptors (Lipinski definition) is 6. The highest BCUT2D eigenvalue weighted by Gasteiger charge is 2.14. The average Bonchev–Trinajstić information content (AvgIpc) is 2.56. The number of aromatic hydroxyl groups is 2. The Kier molecular flexibility index (Phi) is 5.31. The summed E-state index contributed by atoms with van der Waals surface area (Å²) in [7, 11) is 0. The van der Waals surface area contributed by atoms with Gasteiger partial charge >= 0.3 is 17.8 Å². The Bertz CT molecular complexity index is 863. The molecule has 0 saturated carbocycles. The smallest absolute Gasteiger partial charge is 0.335 e. The van der Waals surface area contributed by atoms with Gasteiger partial charge in [0.25, 0.3) is 0 Å². The van der Waals surface area contributed by atoms with Crippen molar-refractivity contribution in [1.29, 1.82) is 0 Å². The molecule has 0 spiro atoms. The summed E-state index contributed by atoms with van der Waals surface area (Å²) >= 11 is 0. The van der Waals surface area contributed by atoms with Crippen LogP contribution in [-0.4, -0.2) is 39.3 Å². The molecule has 5 N–H and O–H groups in total. The van der Waals surface area contributed by atoms with E-state index in [-0.39, 0.29) is 28.3 Å². The molecule has 0 bridgehead atoms. The summed E-state index contributed by atoms with van der Waals surface area (Å²) in [6, 6.07) is 9.14. The molecule has 25 heavy (non-hydrogen) atoms. The van der Waals surface area contributed by atoms with Gasteiger partial charge in [0, 0.05) is 17.3 Å². The summed E-state index contributed by atoms with van der Waals surface area (Å²) in [6.07, 6.45) is 1.09. The molecular formula is C16H13N3O6. The molecule has 9 nitrogen and oxygen atoms in total. The number of nitrogens with zero attached hydrogens (tertiary/aromatic N) is 1. The summed E-state index contributed by atoms with van der Waals surface area (Å²) in [6.45, 7) is 0. The van der Waals surface area contributed by atoms with Crippen LogP contribution < -0.4 is 10.7 Å². The highest BCUT2D eigenvalue weighted by molar-refractivity contribution is 6.39. The third kappa shape index (κ3) is 4.79. The zero-order valence-corrected chi connectivity index (χ0v) is 12.6. The van der Waals surface area contributed by atoms with Gasteiger partial charge in [0.2, 0.25) is 0 Å². The van der Waals surface area contributed by atoms with Crippen molar-refractivity contribution in [2.24, 2.45) is 5.10 Å². The van der Waals surface area contributed by atoms with Crippen LogP contribution in [0.5, 0.6) is 11.5 Å². The fourth-order valence-electron chi connectivity index (χ4n) is 1.77. The topological polar surface area (TPSA) is 148 Å². The van der Waals surface area contributed by atoms with Crippen molar-refractivity contribution in [2.45, 2.75) is 0 Å². The van der Waals surface area contributed by atoms with Gasteiger partial charge in [-0.05, 0) is 30.3 Å². The van der Waals surface area contributed by atoms with E-state index >= 15 is 0 Å². The third-order valence-corrected chi connectivity index (χ3v) is 2.96. The number of aromatic carboxylic acids is 1. The van der Waals surface area contributed by atoms with E-state index in [4.69, 9.17) is 10.2 Å². The molecule has 0 radical (unpaired) electrons. The number of carboxylic acids is 1. The van der Waals surface area contributed by atoms with Gasteiger partial charge in [-0.3, -0.25) is 9.59 Å². The van der Waals surface area contributed by atoms with Crippen LogP contribution in [0.15, 0.2) is 47.6 Å². The molecule has 0 fully saturated rings. The predicted molar refractivity (Wildman–Crippen MR) is 87.5 cm³/mol. The van der Waals surface area contributed by atoms with E-state index in [2.05, 4.69) is 10.4 Å². The van der Waals surface area contributed by atoms with Crippen LogP contribution in [0, 0.1) is 0 Å². The maximum absolute atomic E-state index is 11.7. The van der Waals surface area contributed by atoms with E-state index in [1.807, 2.05) is 5.43 Å². The van der Waals surface area contributed by atoms with E-state index in [1.165, 1.54) is 36.4 Å². The van der Waals surface area contributed by atoms with E-state index in [0.29, 0.717) is 0 Å². The van der Waals surface area contributed by atoms with Crippen LogP contribution >= 0.6 is 0 Å². The number of carbonyl (C=O) groups is 3. The first-order valence-electron chi connectivity index (χ1n) is 6.86. The predicted octanol–water partition coefficient (Wildman–Crippen LogP) is 0.885. The molecule has 0 aromatic heterocycles. The fraction of sp³-hybridized carbons (Fsp3) is 0. The molecule has 0 aliphatic rings. The van der Waals surface area contributed by atoms with Gasteiger partial charge in [-0.2, -0.15) is 5.10 Å². The van der Waals surface area contributed by atoms with Gasteiger partial charge in [0.15, 0.2) is 0 Å². The maximum Gasteiger partial charge on any atom is 0.335 e. The lowest BCUT2D eigenvalue weighted by Crippen LogP contribution is -2.32. The molecule has 2 aromatic carbocycles. The minimum absolute atomic E-state index is 0.0426. The lowest BCUT2D eigenvalue weighted by atomic mass is 10.2. The number of nitrogens with one attached hydrogen (secondary N) is 2. The van der Waals surface area contributed by atoms with Gasteiger partial charge in [0.05, 0.1) is 11.8 Å². The lowest BCUT2D eigenvalue weighted by molar-refractivity contribution is -0.136. The summed E-state index contributed by atoms with van der Waals surface area (Å²) in [5.74, 6) is -3.70. The number of rotatable bonds is 4. The number of hydrazone groups is 1. The van der Waals surface area contributed by atoms with Crippen LogP contribution in [-0.2, 0) is 9.59 Å². The molecule has 0 saturated heterocycles. The van der Waals surface area contributed by atoms with Crippen LogP contribution in [0.4, 0.5) is 5.69 Å². The number of amides is 2. The SMILES string of the molecule is O=C(N/N=C/c1ccc(O)cc1O)C(=O)Nc1cccc(C(=O)O)c1. The van der Waals surface area contributed by atoms with E-state index in [1.54, 1.807) is 0 Å². The Labute approximate surface area is 141 Å². The standard InChI is InChI=1S/C16H13N3O6/c20-12-5-4-10(13(21)7-12)8-17-19-15(23)14(22)18-11-3-1-2-9(6-11)16(24)25/h1-8,20-21H,(H,18,22)(H,19,23)(H,24,25)/b17-8+. The number of phenols is 2. The van der Waals surface area contributed by atoms with Crippen molar-refractivity contribution in [3.8, 4) is 11.5 Å².